The summed E-state index contributed by atoms with van der Waals surface area (Å²) in [5.41, 5.74) is 1.30. The molecule has 0 spiro atoms. The molecular formula is C22H24FN5O2. The number of anilines is 1. The average molecular weight is 409 g/mol. The second kappa shape index (κ2) is 8.78. The molecule has 0 saturated carbocycles. The summed E-state index contributed by atoms with van der Waals surface area (Å²) in [7, 11) is 0. The molecule has 2 unspecified atom stereocenters. The molecule has 1 amide bonds. The zero-order valence-electron chi connectivity index (χ0n) is 16.5. The standard InChI is InChI=1S/C22H24FN5O2/c23-17-4-2-16(3-5-17)19(14-29)25-10-9-22(30)27-13-18-6-8-21(27)28(18)20-7-1-15(11-24)12-26-20/h1-5,7,12,18-19,21,25,29H,6,8-10,13-14H2/t18?,19-,21?/m0/s1. The minimum absolute atomic E-state index is 0.00586. The molecule has 2 saturated heterocycles. The number of hydrogen-bond donors (Lipinski definition) is 2. The molecule has 2 fully saturated rings. The van der Waals surface area contributed by atoms with Gasteiger partial charge in [0.1, 0.15) is 23.9 Å². The third-order valence-electron chi connectivity index (χ3n) is 5.89. The lowest BCUT2D eigenvalue weighted by atomic mass is 10.1. The largest absolute Gasteiger partial charge is 0.394 e. The third kappa shape index (κ3) is 3.99. The van der Waals surface area contributed by atoms with E-state index in [9.17, 15) is 14.3 Å². The number of nitrogens with zero attached hydrogens (tertiary/aromatic N) is 4. The van der Waals surface area contributed by atoms with E-state index in [2.05, 4.69) is 21.3 Å². The van der Waals surface area contributed by atoms with Gasteiger partial charge in [-0.05, 0) is 42.7 Å². The summed E-state index contributed by atoms with van der Waals surface area (Å²) in [5.74, 6) is 0.534. The van der Waals surface area contributed by atoms with Crippen LogP contribution in [0.3, 0.4) is 0 Å². The number of aliphatic hydroxyl groups excluding tert-OH is 1. The molecule has 3 heterocycles. The number of hydrogen-bond acceptors (Lipinski definition) is 6. The Morgan fingerprint density at radius 1 is 1.30 bits per heavy atom. The molecule has 0 aliphatic carbocycles. The van der Waals surface area contributed by atoms with Crippen molar-refractivity contribution < 1.29 is 14.3 Å². The molecule has 3 atom stereocenters. The number of amides is 1. The smallest absolute Gasteiger partial charge is 0.225 e. The molecule has 2 aromatic rings. The molecule has 0 radical (unpaired) electrons. The van der Waals surface area contributed by atoms with E-state index in [1.54, 1.807) is 24.4 Å². The number of pyridine rings is 1. The van der Waals surface area contributed by atoms with E-state index < -0.39 is 0 Å². The Morgan fingerprint density at radius 3 is 2.77 bits per heavy atom. The Kier molecular flexibility index (Phi) is 5.93. The number of aliphatic hydroxyl groups is 1. The summed E-state index contributed by atoms with van der Waals surface area (Å²) < 4.78 is 13.1. The summed E-state index contributed by atoms with van der Waals surface area (Å²) >= 11 is 0. The predicted octanol–water partition coefficient (Wildman–Crippen LogP) is 1.94. The maximum absolute atomic E-state index is 13.1. The third-order valence-corrected chi connectivity index (χ3v) is 5.89. The number of benzene rings is 1. The molecule has 2 aliphatic heterocycles. The highest BCUT2D eigenvalue weighted by atomic mass is 19.1. The van der Waals surface area contributed by atoms with E-state index in [0.29, 0.717) is 25.1 Å². The van der Waals surface area contributed by atoms with Crippen LogP contribution >= 0.6 is 0 Å². The fraction of sp³-hybridized carbons (Fsp3) is 0.409. The molecule has 4 rings (SSSR count). The van der Waals surface area contributed by atoms with Crippen LogP contribution in [0.4, 0.5) is 10.2 Å². The van der Waals surface area contributed by atoms with Crippen molar-refractivity contribution >= 4 is 11.7 Å². The summed E-state index contributed by atoms with van der Waals surface area (Å²) in [6.45, 7) is 0.962. The number of aromatic nitrogens is 1. The number of fused-ring (bicyclic) bond motifs is 2. The molecule has 30 heavy (non-hydrogen) atoms. The summed E-state index contributed by atoms with van der Waals surface area (Å²) in [5, 5.41) is 21.8. The van der Waals surface area contributed by atoms with Gasteiger partial charge in [0.25, 0.3) is 0 Å². The van der Waals surface area contributed by atoms with E-state index in [-0.39, 0.29) is 36.6 Å². The maximum Gasteiger partial charge on any atom is 0.225 e. The number of piperidine rings is 1. The summed E-state index contributed by atoms with van der Waals surface area (Å²) in [6.07, 6.45) is 3.79. The van der Waals surface area contributed by atoms with Crippen molar-refractivity contribution in [1.82, 2.24) is 15.2 Å². The van der Waals surface area contributed by atoms with Crippen LogP contribution in [0.1, 0.15) is 36.4 Å². The van der Waals surface area contributed by atoms with Crippen LogP contribution < -0.4 is 10.2 Å². The predicted molar refractivity (Wildman–Crippen MR) is 109 cm³/mol. The first-order chi connectivity index (χ1) is 14.6. The molecule has 2 aliphatic rings. The Labute approximate surface area is 174 Å². The molecule has 1 aromatic heterocycles. The van der Waals surface area contributed by atoms with Gasteiger partial charge in [0.15, 0.2) is 0 Å². The Hall–Kier alpha value is -3.02. The van der Waals surface area contributed by atoms with Crippen LogP contribution in [-0.4, -0.2) is 52.8 Å². The highest BCUT2D eigenvalue weighted by Crippen LogP contribution is 2.37. The Bertz CT molecular complexity index is 928. The number of likely N-dealkylation sites (tertiary alicyclic amines) is 1. The minimum atomic E-state index is -0.340. The number of carbonyl (C=O) groups is 1. The van der Waals surface area contributed by atoms with Crippen LogP contribution in [0.2, 0.25) is 0 Å². The van der Waals surface area contributed by atoms with E-state index in [0.717, 1.165) is 24.2 Å². The fourth-order valence-corrected chi connectivity index (χ4v) is 4.39. The lowest BCUT2D eigenvalue weighted by molar-refractivity contribution is -0.132. The van der Waals surface area contributed by atoms with Gasteiger partial charge in [-0.25, -0.2) is 9.37 Å². The van der Waals surface area contributed by atoms with Gasteiger partial charge >= 0.3 is 0 Å². The van der Waals surface area contributed by atoms with Crippen molar-refractivity contribution in [3.05, 3.63) is 59.5 Å². The van der Waals surface area contributed by atoms with Gasteiger partial charge in [-0.15, -0.1) is 0 Å². The van der Waals surface area contributed by atoms with Gasteiger partial charge in [-0.3, -0.25) is 4.79 Å². The van der Waals surface area contributed by atoms with Crippen molar-refractivity contribution in [3.8, 4) is 6.07 Å². The monoisotopic (exact) mass is 409 g/mol. The van der Waals surface area contributed by atoms with Crippen LogP contribution in [0.15, 0.2) is 42.6 Å². The molecule has 7 nitrogen and oxygen atoms in total. The van der Waals surface area contributed by atoms with Gasteiger partial charge < -0.3 is 20.2 Å². The van der Waals surface area contributed by atoms with Crippen molar-refractivity contribution in [2.24, 2.45) is 0 Å². The van der Waals surface area contributed by atoms with Gasteiger partial charge in [0.05, 0.1) is 24.3 Å². The molecular weight excluding hydrogens is 385 g/mol. The average Bonchev–Trinajstić information content (AvgIpc) is 3.36. The van der Waals surface area contributed by atoms with E-state index in [1.165, 1.54) is 12.1 Å². The molecule has 1 aromatic carbocycles. The van der Waals surface area contributed by atoms with Gasteiger partial charge in [0, 0.05) is 25.7 Å². The minimum Gasteiger partial charge on any atom is -0.394 e. The van der Waals surface area contributed by atoms with Crippen molar-refractivity contribution in [3.63, 3.8) is 0 Å². The zero-order valence-corrected chi connectivity index (χ0v) is 16.5. The second-order valence-electron chi connectivity index (χ2n) is 7.67. The van der Waals surface area contributed by atoms with Crippen LogP contribution in [-0.2, 0) is 4.79 Å². The first-order valence-electron chi connectivity index (χ1n) is 10.1. The zero-order chi connectivity index (χ0) is 21.1. The number of carbonyl (C=O) groups excluding carboxylic acids is 1. The maximum atomic E-state index is 13.1. The second-order valence-corrected chi connectivity index (χ2v) is 7.67. The number of nitriles is 1. The summed E-state index contributed by atoms with van der Waals surface area (Å²) in [6, 6.07) is 11.6. The van der Waals surface area contributed by atoms with Crippen molar-refractivity contribution in [2.45, 2.75) is 37.5 Å². The lowest BCUT2D eigenvalue weighted by Crippen LogP contribution is -2.42. The quantitative estimate of drug-likeness (QED) is 0.726. The summed E-state index contributed by atoms with van der Waals surface area (Å²) in [4.78, 5) is 21.3. The lowest BCUT2D eigenvalue weighted by Gasteiger charge is -2.28. The van der Waals surface area contributed by atoms with E-state index in [4.69, 9.17) is 5.26 Å². The van der Waals surface area contributed by atoms with E-state index in [1.807, 2.05) is 11.0 Å². The molecule has 2 bridgehead atoms. The highest BCUT2D eigenvalue weighted by Gasteiger charge is 2.47. The number of nitrogens with one attached hydrogen (secondary N) is 1. The number of halogens is 1. The van der Waals surface area contributed by atoms with Crippen molar-refractivity contribution in [2.75, 3.05) is 24.6 Å². The van der Waals surface area contributed by atoms with E-state index >= 15 is 0 Å². The van der Waals surface area contributed by atoms with Gasteiger partial charge in [-0.1, -0.05) is 12.1 Å². The fourth-order valence-electron chi connectivity index (χ4n) is 4.39. The van der Waals surface area contributed by atoms with Gasteiger partial charge in [-0.2, -0.15) is 5.26 Å². The first kappa shape index (κ1) is 20.3. The Balaban J connectivity index is 1.34. The van der Waals surface area contributed by atoms with Crippen LogP contribution in [0.25, 0.3) is 0 Å². The number of rotatable bonds is 7. The normalized spacial score (nSPS) is 21.0. The SMILES string of the molecule is N#Cc1ccc(N2C3CCC2N(C(=O)CCN[C@@H](CO)c2ccc(F)cc2)C3)nc1. The van der Waals surface area contributed by atoms with Gasteiger partial charge in [0.2, 0.25) is 5.91 Å². The topological polar surface area (TPSA) is 92.5 Å². The molecule has 8 heteroatoms. The highest BCUT2D eigenvalue weighted by molar-refractivity contribution is 5.78. The van der Waals surface area contributed by atoms with Crippen molar-refractivity contribution in [1.29, 1.82) is 5.26 Å². The molecule has 2 N–H and O–H groups in total. The van der Waals surface area contributed by atoms with Crippen LogP contribution in [0.5, 0.6) is 0 Å². The molecule has 156 valence electrons. The first-order valence-corrected chi connectivity index (χ1v) is 10.1. The Morgan fingerprint density at radius 2 is 2.10 bits per heavy atom. The van der Waals surface area contributed by atoms with Crippen LogP contribution in [0, 0.1) is 17.1 Å².